The summed E-state index contributed by atoms with van der Waals surface area (Å²) in [4.78, 5) is 18.7. The van der Waals surface area contributed by atoms with Crippen molar-refractivity contribution in [3.05, 3.63) is 0 Å². The monoisotopic (exact) mass is 283 g/mol. The van der Waals surface area contributed by atoms with E-state index in [9.17, 15) is 4.79 Å². The van der Waals surface area contributed by atoms with Gasteiger partial charge in [-0.2, -0.15) is 0 Å². The molecule has 1 amide bonds. The van der Waals surface area contributed by atoms with Crippen molar-refractivity contribution in [3.63, 3.8) is 0 Å². The number of hydrogen-bond donors (Lipinski definition) is 1. The molecule has 5 heteroatoms. The van der Waals surface area contributed by atoms with Crippen LogP contribution in [-0.4, -0.2) is 85.2 Å². The molecule has 5 nitrogen and oxygen atoms in total. The fourth-order valence-corrected chi connectivity index (χ4v) is 3.39. The molecule has 0 bridgehead atoms. The van der Waals surface area contributed by atoms with Crippen molar-refractivity contribution in [2.75, 3.05) is 59.5 Å². The third kappa shape index (κ3) is 4.72. The van der Waals surface area contributed by atoms with E-state index < -0.39 is 0 Å². The van der Waals surface area contributed by atoms with E-state index in [1.807, 2.05) is 11.9 Å². The number of piperidine rings is 1. The highest BCUT2D eigenvalue weighted by atomic mass is 16.3. The Morgan fingerprint density at radius 3 is 2.60 bits per heavy atom. The summed E-state index contributed by atoms with van der Waals surface area (Å²) in [6.45, 7) is 6.70. The first-order chi connectivity index (χ1) is 9.69. The van der Waals surface area contributed by atoms with Gasteiger partial charge in [0.15, 0.2) is 0 Å². The third-order valence-electron chi connectivity index (χ3n) is 4.53. The van der Waals surface area contributed by atoms with Crippen molar-refractivity contribution in [1.82, 2.24) is 14.7 Å². The Kier molecular flexibility index (Phi) is 6.26. The fourth-order valence-electron chi connectivity index (χ4n) is 3.39. The number of rotatable bonds is 6. The standard InChI is InChI=1S/C15H29N3O2/c1-16(15(20)13-17-6-2-3-7-17)11-14-5-4-8-18(12-14)9-10-19/h14,19H,2-13H2,1H3. The van der Waals surface area contributed by atoms with E-state index in [1.54, 1.807) is 0 Å². The topological polar surface area (TPSA) is 47.0 Å². The van der Waals surface area contributed by atoms with Crippen molar-refractivity contribution in [2.45, 2.75) is 25.7 Å². The van der Waals surface area contributed by atoms with Gasteiger partial charge in [-0.1, -0.05) is 0 Å². The molecule has 2 heterocycles. The smallest absolute Gasteiger partial charge is 0.236 e. The SMILES string of the molecule is CN(CC1CCCN(CCO)C1)C(=O)CN1CCCC1. The Labute approximate surface area is 122 Å². The first kappa shape index (κ1) is 15.7. The molecule has 116 valence electrons. The maximum atomic E-state index is 12.2. The molecule has 20 heavy (non-hydrogen) atoms. The van der Waals surface area contributed by atoms with Gasteiger partial charge >= 0.3 is 0 Å². The van der Waals surface area contributed by atoms with Gasteiger partial charge in [0, 0.05) is 26.7 Å². The summed E-state index contributed by atoms with van der Waals surface area (Å²) in [7, 11) is 1.93. The quantitative estimate of drug-likeness (QED) is 0.759. The summed E-state index contributed by atoms with van der Waals surface area (Å²) in [5.41, 5.74) is 0. The fraction of sp³-hybridized carbons (Fsp3) is 0.933. The molecule has 2 fully saturated rings. The number of likely N-dealkylation sites (N-methyl/N-ethyl adjacent to an activating group) is 1. The number of aliphatic hydroxyl groups excluding tert-OH is 1. The van der Waals surface area contributed by atoms with Gasteiger partial charge in [-0.15, -0.1) is 0 Å². The van der Waals surface area contributed by atoms with Crippen molar-refractivity contribution in [1.29, 1.82) is 0 Å². The van der Waals surface area contributed by atoms with E-state index in [-0.39, 0.29) is 12.5 Å². The Hall–Kier alpha value is -0.650. The van der Waals surface area contributed by atoms with Crippen molar-refractivity contribution in [2.24, 2.45) is 5.92 Å². The second-order valence-corrected chi connectivity index (χ2v) is 6.29. The molecule has 0 radical (unpaired) electrons. The third-order valence-corrected chi connectivity index (χ3v) is 4.53. The van der Waals surface area contributed by atoms with E-state index in [0.717, 1.165) is 39.3 Å². The van der Waals surface area contributed by atoms with Crippen LogP contribution in [0.15, 0.2) is 0 Å². The lowest BCUT2D eigenvalue weighted by Crippen LogP contribution is -2.44. The van der Waals surface area contributed by atoms with Gasteiger partial charge in [0.25, 0.3) is 0 Å². The number of carbonyl (C=O) groups excluding carboxylic acids is 1. The lowest BCUT2D eigenvalue weighted by Gasteiger charge is -2.34. The number of carbonyl (C=O) groups is 1. The summed E-state index contributed by atoms with van der Waals surface area (Å²) in [5.74, 6) is 0.814. The number of aliphatic hydroxyl groups is 1. The number of likely N-dealkylation sites (tertiary alicyclic amines) is 2. The second-order valence-electron chi connectivity index (χ2n) is 6.29. The summed E-state index contributed by atoms with van der Waals surface area (Å²) < 4.78 is 0. The first-order valence-electron chi connectivity index (χ1n) is 7.98. The molecule has 2 aliphatic rings. The molecule has 0 saturated carbocycles. The van der Waals surface area contributed by atoms with Gasteiger partial charge in [-0.25, -0.2) is 0 Å². The Balaban J connectivity index is 1.72. The number of β-amino-alcohol motifs (C(OH)–C–C–N with tert-alkyl or cyclic N) is 1. The van der Waals surface area contributed by atoms with E-state index in [0.29, 0.717) is 12.5 Å². The molecule has 0 aliphatic carbocycles. The van der Waals surface area contributed by atoms with Crippen LogP contribution in [0.4, 0.5) is 0 Å². The molecule has 2 saturated heterocycles. The molecule has 0 aromatic heterocycles. The molecular formula is C15H29N3O2. The molecule has 2 aliphatic heterocycles. The number of amides is 1. The molecule has 2 rings (SSSR count). The van der Waals surface area contributed by atoms with Crippen molar-refractivity contribution < 1.29 is 9.90 Å². The lowest BCUT2D eigenvalue weighted by atomic mass is 9.97. The largest absolute Gasteiger partial charge is 0.395 e. The normalized spacial score (nSPS) is 25.0. The van der Waals surface area contributed by atoms with Gasteiger partial charge in [0.2, 0.25) is 5.91 Å². The highest BCUT2D eigenvalue weighted by Crippen LogP contribution is 2.17. The van der Waals surface area contributed by atoms with Crippen LogP contribution in [0.1, 0.15) is 25.7 Å². The first-order valence-corrected chi connectivity index (χ1v) is 7.98. The average Bonchev–Trinajstić information content (AvgIpc) is 2.92. The molecule has 0 aromatic carbocycles. The van der Waals surface area contributed by atoms with Gasteiger partial charge < -0.3 is 14.9 Å². The second kappa shape index (κ2) is 7.96. The van der Waals surface area contributed by atoms with Crippen LogP contribution in [0.5, 0.6) is 0 Å². The summed E-state index contributed by atoms with van der Waals surface area (Å²) in [6.07, 6.45) is 4.84. The highest BCUT2D eigenvalue weighted by Gasteiger charge is 2.23. The van der Waals surface area contributed by atoms with Crippen molar-refractivity contribution in [3.8, 4) is 0 Å². The van der Waals surface area contributed by atoms with Gasteiger partial charge in [0.05, 0.1) is 13.2 Å². The average molecular weight is 283 g/mol. The minimum Gasteiger partial charge on any atom is -0.395 e. The van der Waals surface area contributed by atoms with Crippen LogP contribution in [0, 0.1) is 5.92 Å². The molecule has 1 unspecified atom stereocenters. The van der Waals surface area contributed by atoms with Gasteiger partial charge in [-0.05, 0) is 51.2 Å². The molecule has 1 N–H and O–H groups in total. The Morgan fingerprint density at radius 1 is 1.20 bits per heavy atom. The maximum Gasteiger partial charge on any atom is 0.236 e. The van der Waals surface area contributed by atoms with Crippen LogP contribution in [0.3, 0.4) is 0 Å². The van der Waals surface area contributed by atoms with Crippen molar-refractivity contribution >= 4 is 5.91 Å². The predicted octanol–water partition coefficient (Wildman–Crippen LogP) is 0.245. The molecule has 0 spiro atoms. The summed E-state index contributed by atoms with van der Waals surface area (Å²) in [5, 5.41) is 9.02. The van der Waals surface area contributed by atoms with Crippen LogP contribution in [0.25, 0.3) is 0 Å². The van der Waals surface area contributed by atoms with Crippen LogP contribution >= 0.6 is 0 Å². The minimum absolute atomic E-state index is 0.233. The van der Waals surface area contributed by atoms with E-state index >= 15 is 0 Å². The van der Waals surface area contributed by atoms with Crippen LogP contribution in [0.2, 0.25) is 0 Å². The predicted molar refractivity (Wildman–Crippen MR) is 79.6 cm³/mol. The van der Waals surface area contributed by atoms with Gasteiger partial charge in [0.1, 0.15) is 0 Å². The van der Waals surface area contributed by atoms with E-state index in [4.69, 9.17) is 5.11 Å². The summed E-state index contributed by atoms with van der Waals surface area (Å²) >= 11 is 0. The number of nitrogens with zero attached hydrogens (tertiary/aromatic N) is 3. The molecular weight excluding hydrogens is 254 g/mol. The molecule has 0 aromatic rings. The Morgan fingerprint density at radius 2 is 1.90 bits per heavy atom. The minimum atomic E-state index is 0.233. The Bertz CT molecular complexity index is 303. The summed E-state index contributed by atoms with van der Waals surface area (Å²) in [6, 6.07) is 0. The van der Waals surface area contributed by atoms with E-state index in [1.165, 1.54) is 25.7 Å². The van der Waals surface area contributed by atoms with Crippen LogP contribution < -0.4 is 0 Å². The number of hydrogen-bond acceptors (Lipinski definition) is 4. The van der Waals surface area contributed by atoms with Gasteiger partial charge in [-0.3, -0.25) is 9.69 Å². The van der Waals surface area contributed by atoms with E-state index in [2.05, 4.69) is 9.80 Å². The zero-order chi connectivity index (χ0) is 14.4. The highest BCUT2D eigenvalue weighted by molar-refractivity contribution is 5.78. The zero-order valence-corrected chi connectivity index (χ0v) is 12.8. The maximum absolute atomic E-state index is 12.2. The molecule has 1 atom stereocenters. The van der Waals surface area contributed by atoms with Crippen LogP contribution in [-0.2, 0) is 4.79 Å². The lowest BCUT2D eigenvalue weighted by molar-refractivity contribution is -0.131. The zero-order valence-electron chi connectivity index (χ0n) is 12.8.